The molecule has 1 nitrogen and oxygen atoms in total. The zero-order chi connectivity index (χ0) is 8.27. The van der Waals surface area contributed by atoms with Crippen molar-refractivity contribution >= 4 is 11.9 Å². The van der Waals surface area contributed by atoms with E-state index in [-0.39, 0.29) is 0 Å². The number of aliphatic imine (C=N–C) groups is 1. The van der Waals surface area contributed by atoms with Crippen LogP contribution < -0.4 is 0 Å². The molecule has 0 radical (unpaired) electrons. The average molecular weight is 147 g/mol. The highest BCUT2D eigenvalue weighted by Gasteiger charge is 1.90. The second-order valence-electron chi connectivity index (χ2n) is 2.73. The molecule has 0 unspecified atom stereocenters. The Labute approximate surface area is 67.8 Å². The maximum absolute atomic E-state index is 4.20. The van der Waals surface area contributed by atoms with Gasteiger partial charge in [0.25, 0.3) is 0 Å². The average Bonchev–Trinajstić information content (AvgIpc) is 1.85. The molecule has 58 valence electrons. The summed E-state index contributed by atoms with van der Waals surface area (Å²) < 4.78 is 0. The highest BCUT2D eigenvalue weighted by molar-refractivity contribution is 5.61. The summed E-state index contributed by atoms with van der Waals surface area (Å²) in [6.45, 7) is 6.10. The van der Waals surface area contributed by atoms with Crippen LogP contribution in [0.2, 0.25) is 0 Å². The molecular weight excluding hydrogens is 134 g/mol. The van der Waals surface area contributed by atoms with E-state index in [1.807, 2.05) is 13.1 Å². The van der Waals surface area contributed by atoms with Crippen molar-refractivity contribution in [2.45, 2.75) is 20.8 Å². The van der Waals surface area contributed by atoms with Crippen molar-refractivity contribution in [2.24, 2.45) is 4.99 Å². The SMILES string of the molecule is CC=Nc1cc(C)cc(C)c1. The fourth-order valence-electron chi connectivity index (χ4n) is 1.17. The molecule has 0 aliphatic carbocycles. The van der Waals surface area contributed by atoms with Gasteiger partial charge in [0.1, 0.15) is 0 Å². The monoisotopic (exact) mass is 147 g/mol. The molecule has 0 saturated carbocycles. The summed E-state index contributed by atoms with van der Waals surface area (Å²) in [5, 5.41) is 0. The van der Waals surface area contributed by atoms with Crippen molar-refractivity contribution in [1.82, 2.24) is 0 Å². The molecule has 0 spiro atoms. The van der Waals surface area contributed by atoms with Gasteiger partial charge >= 0.3 is 0 Å². The van der Waals surface area contributed by atoms with Crippen LogP contribution in [-0.4, -0.2) is 6.21 Å². The van der Waals surface area contributed by atoms with Crippen LogP contribution in [0.3, 0.4) is 0 Å². The van der Waals surface area contributed by atoms with Crippen LogP contribution in [0.15, 0.2) is 23.2 Å². The summed E-state index contributed by atoms with van der Waals surface area (Å²) in [7, 11) is 0. The lowest BCUT2D eigenvalue weighted by Gasteiger charge is -1.98. The topological polar surface area (TPSA) is 12.4 Å². The number of benzene rings is 1. The van der Waals surface area contributed by atoms with E-state index >= 15 is 0 Å². The summed E-state index contributed by atoms with van der Waals surface area (Å²) >= 11 is 0. The van der Waals surface area contributed by atoms with E-state index in [0.29, 0.717) is 0 Å². The van der Waals surface area contributed by atoms with Gasteiger partial charge in [0, 0.05) is 6.21 Å². The fraction of sp³-hybridized carbons (Fsp3) is 0.300. The van der Waals surface area contributed by atoms with E-state index in [0.717, 1.165) is 5.69 Å². The zero-order valence-corrected chi connectivity index (χ0v) is 7.26. The van der Waals surface area contributed by atoms with Gasteiger partial charge in [-0.05, 0) is 44.0 Å². The molecule has 0 aliphatic heterocycles. The van der Waals surface area contributed by atoms with Gasteiger partial charge < -0.3 is 0 Å². The lowest BCUT2D eigenvalue weighted by molar-refractivity contribution is 1.36. The van der Waals surface area contributed by atoms with Gasteiger partial charge in [0.15, 0.2) is 0 Å². The number of aryl methyl sites for hydroxylation is 2. The first-order chi connectivity index (χ1) is 5.22. The van der Waals surface area contributed by atoms with Crippen LogP contribution in [0.5, 0.6) is 0 Å². The normalized spacial score (nSPS) is 10.8. The minimum atomic E-state index is 1.05. The van der Waals surface area contributed by atoms with Gasteiger partial charge in [-0.2, -0.15) is 0 Å². The maximum Gasteiger partial charge on any atom is 0.0630 e. The van der Waals surface area contributed by atoms with Crippen LogP contribution in [0, 0.1) is 13.8 Å². The van der Waals surface area contributed by atoms with E-state index in [1.165, 1.54) is 11.1 Å². The van der Waals surface area contributed by atoms with Crippen molar-refractivity contribution in [2.75, 3.05) is 0 Å². The summed E-state index contributed by atoms with van der Waals surface area (Å²) in [4.78, 5) is 4.20. The highest BCUT2D eigenvalue weighted by atomic mass is 14.7. The highest BCUT2D eigenvalue weighted by Crippen LogP contribution is 2.15. The second-order valence-corrected chi connectivity index (χ2v) is 2.73. The smallest absolute Gasteiger partial charge is 0.0630 e. The fourth-order valence-corrected chi connectivity index (χ4v) is 1.17. The number of hydrogen-bond donors (Lipinski definition) is 0. The van der Waals surface area contributed by atoms with Crippen LogP contribution in [0.1, 0.15) is 18.1 Å². The number of rotatable bonds is 1. The molecular formula is C10H13N. The molecule has 0 heterocycles. The first-order valence-electron chi connectivity index (χ1n) is 3.79. The van der Waals surface area contributed by atoms with Crippen LogP contribution in [0.25, 0.3) is 0 Å². The quantitative estimate of drug-likeness (QED) is 0.541. The van der Waals surface area contributed by atoms with Gasteiger partial charge in [-0.25, -0.2) is 0 Å². The first-order valence-corrected chi connectivity index (χ1v) is 3.79. The molecule has 0 bridgehead atoms. The van der Waals surface area contributed by atoms with Gasteiger partial charge in [-0.15, -0.1) is 0 Å². The van der Waals surface area contributed by atoms with Crippen molar-refractivity contribution < 1.29 is 0 Å². The number of nitrogens with zero attached hydrogens (tertiary/aromatic N) is 1. The Bertz CT molecular complexity index is 254. The van der Waals surface area contributed by atoms with Gasteiger partial charge in [0.05, 0.1) is 5.69 Å². The molecule has 0 amide bonds. The van der Waals surface area contributed by atoms with E-state index < -0.39 is 0 Å². The third-order valence-electron chi connectivity index (χ3n) is 1.48. The maximum atomic E-state index is 4.20. The molecule has 1 aromatic carbocycles. The molecule has 1 rings (SSSR count). The van der Waals surface area contributed by atoms with Crippen LogP contribution in [-0.2, 0) is 0 Å². The lowest BCUT2D eigenvalue weighted by atomic mass is 10.1. The molecule has 11 heavy (non-hydrogen) atoms. The van der Waals surface area contributed by atoms with Crippen molar-refractivity contribution in [3.63, 3.8) is 0 Å². The van der Waals surface area contributed by atoms with Gasteiger partial charge in [-0.3, -0.25) is 4.99 Å². The Kier molecular flexibility index (Phi) is 2.42. The molecule has 0 atom stereocenters. The summed E-state index contributed by atoms with van der Waals surface area (Å²) in [5.74, 6) is 0. The minimum absolute atomic E-state index is 1.05. The third-order valence-corrected chi connectivity index (χ3v) is 1.48. The largest absolute Gasteiger partial charge is 0.262 e. The Morgan fingerprint density at radius 2 is 1.64 bits per heavy atom. The van der Waals surface area contributed by atoms with Crippen molar-refractivity contribution in [3.8, 4) is 0 Å². The summed E-state index contributed by atoms with van der Waals surface area (Å²) in [6.07, 6.45) is 1.81. The van der Waals surface area contributed by atoms with E-state index in [9.17, 15) is 0 Å². The standard InChI is InChI=1S/C10H13N/c1-4-11-10-6-8(2)5-9(3)7-10/h4-7H,1-3H3. The molecule has 1 aromatic rings. The predicted octanol–water partition coefficient (Wildman–Crippen LogP) is 3.03. The minimum Gasteiger partial charge on any atom is -0.262 e. The summed E-state index contributed by atoms with van der Waals surface area (Å²) in [6, 6.07) is 6.30. The second kappa shape index (κ2) is 3.33. The van der Waals surface area contributed by atoms with Gasteiger partial charge in [-0.1, -0.05) is 6.07 Å². The molecule has 0 aliphatic rings. The van der Waals surface area contributed by atoms with Gasteiger partial charge in [0.2, 0.25) is 0 Å². The van der Waals surface area contributed by atoms with Crippen molar-refractivity contribution in [3.05, 3.63) is 29.3 Å². The molecule has 0 N–H and O–H groups in total. The first kappa shape index (κ1) is 7.99. The molecule has 0 saturated heterocycles. The van der Waals surface area contributed by atoms with E-state index in [1.54, 1.807) is 0 Å². The van der Waals surface area contributed by atoms with Crippen LogP contribution >= 0.6 is 0 Å². The lowest BCUT2D eigenvalue weighted by Crippen LogP contribution is -1.75. The zero-order valence-electron chi connectivity index (χ0n) is 7.26. The summed E-state index contributed by atoms with van der Waals surface area (Å²) in [5.41, 5.74) is 3.58. The molecule has 1 heteroatoms. The number of hydrogen-bond acceptors (Lipinski definition) is 1. The Morgan fingerprint density at radius 1 is 1.09 bits per heavy atom. The Morgan fingerprint density at radius 3 is 2.09 bits per heavy atom. The van der Waals surface area contributed by atoms with Crippen LogP contribution in [0.4, 0.5) is 5.69 Å². The Hall–Kier alpha value is -1.11. The van der Waals surface area contributed by atoms with E-state index in [2.05, 4.69) is 37.0 Å². The molecule has 0 aromatic heterocycles. The van der Waals surface area contributed by atoms with Crippen molar-refractivity contribution in [1.29, 1.82) is 0 Å². The predicted molar refractivity (Wildman–Crippen MR) is 49.7 cm³/mol. The Balaban J connectivity index is 3.08. The third kappa shape index (κ3) is 2.19. The van der Waals surface area contributed by atoms with E-state index in [4.69, 9.17) is 0 Å². The molecule has 0 fully saturated rings.